The third kappa shape index (κ3) is 12.6. The van der Waals surface area contributed by atoms with Crippen molar-refractivity contribution in [1.29, 1.82) is 5.53 Å². The van der Waals surface area contributed by atoms with Crippen LogP contribution in [-0.2, 0) is 0 Å². The van der Waals surface area contributed by atoms with Gasteiger partial charge in [0.05, 0.1) is 0 Å². The summed E-state index contributed by atoms with van der Waals surface area (Å²) in [4.78, 5) is 9.24. The molecular weight excluding hydrogens is 169 g/mol. The molecular formula is C5H14N5NaO. The molecule has 1 rings (SSSR count). The number of hydrogen-bond acceptors (Lipinski definition) is 4. The molecule has 0 aromatic carbocycles. The van der Waals surface area contributed by atoms with Gasteiger partial charge in [0, 0.05) is 26.2 Å². The van der Waals surface area contributed by atoms with E-state index in [2.05, 4.69) is 21.5 Å². The summed E-state index contributed by atoms with van der Waals surface area (Å²) in [5, 5.41) is 8.72. The first-order chi connectivity index (χ1) is 5.27. The van der Waals surface area contributed by atoms with Crippen molar-refractivity contribution in [1.82, 2.24) is 10.6 Å². The number of carbonyl (C=O) groups is 1. The van der Waals surface area contributed by atoms with E-state index in [1.165, 1.54) is 0 Å². The zero-order valence-corrected chi connectivity index (χ0v) is 6.26. The molecule has 12 heavy (non-hydrogen) atoms. The van der Waals surface area contributed by atoms with Gasteiger partial charge in [-0.15, -0.1) is 0 Å². The molecule has 0 aliphatic carbocycles. The topological polar surface area (TPSA) is 103 Å². The van der Waals surface area contributed by atoms with Gasteiger partial charge in [-0.05, 0) is 0 Å². The fraction of sp³-hybridized carbons (Fsp3) is 0.800. The summed E-state index contributed by atoms with van der Waals surface area (Å²) < 4.78 is 0. The van der Waals surface area contributed by atoms with E-state index in [9.17, 15) is 4.79 Å². The van der Waals surface area contributed by atoms with Crippen molar-refractivity contribution in [2.45, 2.75) is 0 Å². The summed E-state index contributed by atoms with van der Waals surface area (Å²) in [5.41, 5.74) is 10.1. The van der Waals surface area contributed by atoms with Gasteiger partial charge in [-0.2, -0.15) is 5.53 Å². The molecule has 0 saturated carbocycles. The Labute approximate surface area is 93.5 Å². The number of urea groups is 1. The second-order valence-electron chi connectivity index (χ2n) is 1.95. The molecule has 0 unspecified atom stereocenters. The maximum absolute atomic E-state index is 9.24. The monoisotopic (exact) mass is 183 g/mol. The first kappa shape index (κ1) is 14.5. The first-order valence-electron chi connectivity index (χ1n) is 3.35. The minimum atomic E-state index is -0.954. The average Bonchev–Trinajstić information content (AvgIpc) is 2.09. The molecule has 0 spiro atoms. The first-order valence-corrected chi connectivity index (χ1v) is 3.35. The van der Waals surface area contributed by atoms with Crippen LogP contribution in [0.25, 0.3) is 0 Å². The van der Waals surface area contributed by atoms with Gasteiger partial charge in [0.1, 0.15) is 0 Å². The van der Waals surface area contributed by atoms with Crippen molar-refractivity contribution in [3.8, 4) is 0 Å². The van der Waals surface area contributed by atoms with E-state index in [1.54, 1.807) is 0 Å². The molecule has 0 aromatic rings. The van der Waals surface area contributed by atoms with E-state index in [-0.39, 0.29) is 29.6 Å². The normalized spacial score (nSPS) is 14.7. The Hall–Kier alpha value is -0.0100. The van der Waals surface area contributed by atoms with Crippen LogP contribution in [0.15, 0.2) is 5.11 Å². The molecule has 0 atom stereocenters. The number of nitrogens with two attached hydrogens (primary N) is 1. The van der Waals surface area contributed by atoms with E-state index in [4.69, 9.17) is 5.53 Å². The Bertz CT molecular complexity index is 115. The number of amides is 2. The van der Waals surface area contributed by atoms with Crippen LogP contribution in [0, 0.1) is 5.53 Å². The predicted octanol–water partition coefficient (Wildman–Crippen LogP) is -1.37. The summed E-state index contributed by atoms with van der Waals surface area (Å²) in [6, 6.07) is -0.954. The molecule has 0 radical (unpaired) electrons. The third-order valence-corrected chi connectivity index (χ3v) is 1.07. The van der Waals surface area contributed by atoms with Crippen LogP contribution in [-0.4, -0.2) is 61.8 Å². The van der Waals surface area contributed by atoms with E-state index in [0.29, 0.717) is 0 Å². The van der Waals surface area contributed by atoms with E-state index < -0.39 is 6.03 Å². The van der Waals surface area contributed by atoms with Gasteiger partial charge in [-0.3, -0.25) is 0 Å². The number of nitrogens with one attached hydrogen (secondary N) is 3. The number of piperazine rings is 1. The molecule has 1 saturated heterocycles. The molecule has 1 heterocycles. The number of nitrogens with zero attached hydrogens (tertiary/aromatic N) is 1. The minimum absolute atomic E-state index is 0. The molecule has 0 bridgehead atoms. The van der Waals surface area contributed by atoms with Gasteiger partial charge in [-0.25, -0.2) is 4.79 Å². The van der Waals surface area contributed by atoms with Crippen LogP contribution in [0.1, 0.15) is 0 Å². The maximum atomic E-state index is 9.24. The molecule has 1 aliphatic heterocycles. The molecule has 5 N–H and O–H groups in total. The molecule has 1 fully saturated rings. The van der Waals surface area contributed by atoms with Crippen LogP contribution in [0.3, 0.4) is 0 Å². The Kier molecular flexibility index (Phi) is 13.3. The number of rotatable bonds is 0. The van der Waals surface area contributed by atoms with E-state index in [0.717, 1.165) is 26.2 Å². The zero-order chi connectivity index (χ0) is 8.53. The van der Waals surface area contributed by atoms with Gasteiger partial charge in [0.25, 0.3) is 0 Å². The van der Waals surface area contributed by atoms with Crippen molar-refractivity contribution in [2.24, 2.45) is 10.8 Å². The SMILES string of the molecule is C1CNCCN1.N=NC(N)=O.[NaH]. The molecule has 2 amide bonds. The number of hydrogen-bond donors (Lipinski definition) is 4. The van der Waals surface area contributed by atoms with Gasteiger partial charge in [0.15, 0.2) is 0 Å². The molecule has 0 aromatic heterocycles. The fourth-order valence-electron chi connectivity index (χ4n) is 0.604. The Balaban J connectivity index is 0. The Morgan fingerprint density at radius 2 is 1.50 bits per heavy atom. The molecule has 66 valence electrons. The predicted molar refractivity (Wildman–Crippen MR) is 47.6 cm³/mol. The Morgan fingerprint density at radius 1 is 1.25 bits per heavy atom. The van der Waals surface area contributed by atoms with Crippen LogP contribution in [0.2, 0.25) is 0 Å². The standard InChI is InChI=1S/C4H10N2.CH3N3O.Na.H/c1-2-6-4-3-5-1;2-1(5)4-3;;/h5-6H,1-4H2;3H,(H2,2,5);;. The van der Waals surface area contributed by atoms with Crippen molar-refractivity contribution in [3.05, 3.63) is 0 Å². The number of carbonyl (C=O) groups excluding carboxylic acids is 1. The average molecular weight is 183 g/mol. The van der Waals surface area contributed by atoms with Crippen molar-refractivity contribution in [3.63, 3.8) is 0 Å². The van der Waals surface area contributed by atoms with Gasteiger partial charge < -0.3 is 16.4 Å². The summed E-state index contributed by atoms with van der Waals surface area (Å²) >= 11 is 0. The van der Waals surface area contributed by atoms with Crippen molar-refractivity contribution < 1.29 is 4.79 Å². The van der Waals surface area contributed by atoms with Crippen LogP contribution >= 0.6 is 0 Å². The van der Waals surface area contributed by atoms with E-state index in [1.807, 2.05) is 0 Å². The van der Waals surface area contributed by atoms with Crippen LogP contribution in [0.5, 0.6) is 0 Å². The number of primary amides is 1. The second-order valence-corrected chi connectivity index (χ2v) is 1.95. The van der Waals surface area contributed by atoms with Crippen molar-refractivity contribution >= 4 is 35.6 Å². The molecule has 1 aliphatic rings. The van der Waals surface area contributed by atoms with Gasteiger partial charge in [0.2, 0.25) is 0 Å². The summed E-state index contributed by atoms with van der Waals surface area (Å²) in [6.45, 7) is 4.56. The fourth-order valence-corrected chi connectivity index (χ4v) is 0.604. The van der Waals surface area contributed by atoms with Crippen LogP contribution in [0.4, 0.5) is 4.79 Å². The summed E-state index contributed by atoms with van der Waals surface area (Å²) in [6.07, 6.45) is 0. The van der Waals surface area contributed by atoms with E-state index >= 15 is 0 Å². The Morgan fingerprint density at radius 3 is 1.58 bits per heavy atom. The third-order valence-electron chi connectivity index (χ3n) is 1.07. The second kappa shape index (κ2) is 11.0. The quantitative estimate of drug-likeness (QED) is 0.275. The van der Waals surface area contributed by atoms with Gasteiger partial charge >= 0.3 is 35.6 Å². The molecule has 7 heteroatoms. The van der Waals surface area contributed by atoms with Crippen molar-refractivity contribution in [2.75, 3.05) is 26.2 Å². The summed E-state index contributed by atoms with van der Waals surface area (Å²) in [7, 11) is 0. The van der Waals surface area contributed by atoms with Crippen LogP contribution < -0.4 is 16.4 Å². The summed E-state index contributed by atoms with van der Waals surface area (Å²) in [5.74, 6) is 0. The van der Waals surface area contributed by atoms with Gasteiger partial charge in [-0.1, -0.05) is 5.11 Å². The molecule has 6 nitrogen and oxygen atoms in total. The zero-order valence-electron chi connectivity index (χ0n) is 6.26.